The van der Waals surface area contributed by atoms with E-state index < -0.39 is 31.9 Å². The maximum absolute atomic E-state index is 13.1. The molecule has 140 valence electrons. The molecule has 0 radical (unpaired) electrons. The van der Waals surface area contributed by atoms with E-state index in [2.05, 4.69) is 0 Å². The predicted octanol–water partition coefficient (Wildman–Crippen LogP) is 1.50. The minimum atomic E-state index is -4.02. The Morgan fingerprint density at radius 3 is 2.52 bits per heavy atom. The normalized spacial score (nSPS) is 19.6. The Balaban J connectivity index is 2.51. The summed E-state index contributed by atoms with van der Waals surface area (Å²) in [6.45, 7) is 3.64. The Morgan fingerprint density at radius 1 is 1.24 bits per heavy atom. The molecule has 7 nitrogen and oxygen atoms in total. The Kier molecular flexibility index (Phi) is 5.90. The summed E-state index contributed by atoms with van der Waals surface area (Å²) in [7, 11) is -7.57. The van der Waals surface area contributed by atoms with Gasteiger partial charge in [-0.05, 0) is 50.8 Å². The molecular weight excluding hydrogens is 366 g/mol. The summed E-state index contributed by atoms with van der Waals surface area (Å²) in [6, 6.07) is 3.13. The molecule has 25 heavy (non-hydrogen) atoms. The fourth-order valence-corrected chi connectivity index (χ4v) is 5.50. The second-order valence-electron chi connectivity index (χ2n) is 6.08. The quantitative estimate of drug-likeness (QED) is 0.708. The van der Waals surface area contributed by atoms with Crippen molar-refractivity contribution in [2.45, 2.75) is 48.9 Å². The lowest BCUT2D eigenvalue weighted by Gasteiger charge is -2.33. The number of benzene rings is 1. The van der Waals surface area contributed by atoms with Crippen LogP contribution in [0.1, 0.15) is 31.7 Å². The fraction of sp³-hybridized carbons (Fsp3) is 0.562. The summed E-state index contributed by atoms with van der Waals surface area (Å²) in [5.41, 5.74) is 0.431. The maximum Gasteiger partial charge on any atom is 0.324 e. The summed E-state index contributed by atoms with van der Waals surface area (Å²) in [5, 5.41) is 0. The maximum atomic E-state index is 13.1. The highest BCUT2D eigenvalue weighted by Gasteiger charge is 2.39. The van der Waals surface area contributed by atoms with Gasteiger partial charge in [0.1, 0.15) is 6.04 Å². The van der Waals surface area contributed by atoms with Crippen molar-refractivity contribution >= 4 is 25.8 Å². The van der Waals surface area contributed by atoms with E-state index in [-0.39, 0.29) is 22.9 Å². The first-order chi connectivity index (χ1) is 11.6. The molecule has 1 atom stereocenters. The van der Waals surface area contributed by atoms with Gasteiger partial charge in [-0.3, -0.25) is 4.79 Å². The van der Waals surface area contributed by atoms with Gasteiger partial charge in [-0.15, -0.1) is 0 Å². The van der Waals surface area contributed by atoms with Crippen LogP contribution in [0.4, 0.5) is 0 Å². The number of hydrogen-bond donors (Lipinski definition) is 0. The first kappa shape index (κ1) is 19.9. The lowest BCUT2D eigenvalue weighted by molar-refractivity contribution is -0.148. The molecule has 0 spiro atoms. The number of rotatable bonds is 5. The van der Waals surface area contributed by atoms with Gasteiger partial charge >= 0.3 is 5.97 Å². The van der Waals surface area contributed by atoms with E-state index in [1.165, 1.54) is 12.1 Å². The van der Waals surface area contributed by atoms with Gasteiger partial charge in [-0.1, -0.05) is 6.07 Å². The average molecular weight is 389 g/mol. The number of piperidine rings is 1. The largest absolute Gasteiger partial charge is 0.465 e. The number of aryl methyl sites for hydroxylation is 1. The Bertz CT molecular complexity index is 861. The van der Waals surface area contributed by atoms with Crippen LogP contribution < -0.4 is 0 Å². The molecule has 2 rings (SSSR count). The monoisotopic (exact) mass is 389 g/mol. The lowest BCUT2D eigenvalue weighted by atomic mass is 10.1. The highest BCUT2D eigenvalue weighted by molar-refractivity contribution is 7.91. The van der Waals surface area contributed by atoms with E-state index in [1.807, 2.05) is 0 Å². The van der Waals surface area contributed by atoms with Gasteiger partial charge in [0, 0.05) is 12.8 Å². The number of esters is 1. The van der Waals surface area contributed by atoms with E-state index >= 15 is 0 Å². The Labute approximate surface area is 148 Å². The van der Waals surface area contributed by atoms with Crippen LogP contribution in [0.3, 0.4) is 0 Å². The standard InChI is InChI=1S/C16H23NO6S2/c1-4-23-16(18)14-7-5-6-10-17(14)25(21,22)15-11-13(24(3,19)20)9-8-12(15)2/h8-9,11,14H,4-7,10H2,1-3H3. The minimum Gasteiger partial charge on any atom is -0.465 e. The summed E-state index contributed by atoms with van der Waals surface area (Å²) in [6.07, 6.45) is 2.79. The number of ether oxygens (including phenoxy) is 1. The number of carbonyl (C=O) groups excluding carboxylic acids is 1. The highest BCUT2D eigenvalue weighted by atomic mass is 32.2. The van der Waals surface area contributed by atoms with Gasteiger partial charge in [0.25, 0.3) is 0 Å². The zero-order valence-electron chi connectivity index (χ0n) is 14.6. The van der Waals surface area contributed by atoms with Crippen LogP contribution in [-0.4, -0.2) is 52.6 Å². The van der Waals surface area contributed by atoms with Crippen LogP contribution in [0, 0.1) is 6.92 Å². The van der Waals surface area contributed by atoms with Gasteiger partial charge in [0.05, 0.1) is 16.4 Å². The number of sulfone groups is 1. The molecule has 0 bridgehead atoms. The zero-order chi connectivity index (χ0) is 18.8. The van der Waals surface area contributed by atoms with Crippen molar-refractivity contribution in [3.8, 4) is 0 Å². The van der Waals surface area contributed by atoms with Crippen LogP contribution in [0.2, 0.25) is 0 Å². The summed E-state index contributed by atoms with van der Waals surface area (Å²) >= 11 is 0. The molecule has 0 aromatic heterocycles. The van der Waals surface area contributed by atoms with Crippen molar-refractivity contribution in [2.75, 3.05) is 19.4 Å². The molecule has 1 fully saturated rings. The minimum absolute atomic E-state index is 0.0682. The molecule has 1 unspecified atom stereocenters. The molecule has 1 aromatic carbocycles. The van der Waals surface area contributed by atoms with Crippen molar-refractivity contribution in [1.29, 1.82) is 0 Å². The molecule has 1 aliphatic rings. The van der Waals surface area contributed by atoms with Crippen molar-refractivity contribution in [3.63, 3.8) is 0 Å². The van der Waals surface area contributed by atoms with E-state index in [9.17, 15) is 21.6 Å². The lowest BCUT2D eigenvalue weighted by Crippen LogP contribution is -2.48. The van der Waals surface area contributed by atoms with Crippen LogP contribution >= 0.6 is 0 Å². The highest BCUT2D eigenvalue weighted by Crippen LogP contribution is 2.29. The molecule has 0 saturated carbocycles. The SMILES string of the molecule is CCOC(=O)C1CCCCN1S(=O)(=O)c1cc(S(C)(=O)=O)ccc1C. The summed E-state index contributed by atoms with van der Waals surface area (Å²) in [4.78, 5) is 12.0. The molecule has 0 amide bonds. The summed E-state index contributed by atoms with van der Waals surface area (Å²) < 4.78 is 56.0. The van der Waals surface area contributed by atoms with Crippen molar-refractivity contribution in [1.82, 2.24) is 4.31 Å². The van der Waals surface area contributed by atoms with Gasteiger partial charge in [0.2, 0.25) is 10.0 Å². The van der Waals surface area contributed by atoms with Crippen LogP contribution in [0.25, 0.3) is 0 Å². The topological polar surface area (TPSA) is 97.8 Å². The third-order valence-corrected chi connectivity index (χ3v) is 7.35. The van der Waals surface area contributed by atoms with E-state index in [0.717, 1.165) is 23.0 Å². The van der Waals surface area contributed by atoms with Crippen molar-refractivity contribution < 1.29 is 26.4 Å². The number of sulfonamides is 1. The van der Waals surface area contributed by atoms with Gasteiger partial charge in [0.15, 0.2) is 9.84 Å². The van der Waals surface area contributed by atoms with Gasteiger partial charge < -0.3 is 4.74 Å². The molecule has 1 saturated heterocycles. The third kappa shape index (κ3) is 4.21. The third-order valence-electron chi connectivity index (χ3n) is 4.19. The first-order valence-corrected chi connectivity index (χ1v) is 11.4. The van der Waals surface area contributed by atoms with Crippen LogP contribution in [0.15, 0.2) is 28.0 Å². The number of hydrogen-bond acceptors (Lipinski definition) is 6. The molecule has 1 aromatic rings. The fourth-order valence-electron chi connectivity index (χ4n) is 2.88. The Hall–Kier alpha value is -1.45. The van der Waals surface area contributed by atoms with E-state index in [0.29, 0.717) is 18.4 Å². The second-order valence-corrected chi connectivity index (χ2v) is 9.95. The molecule has 1 aliphatic heterocycles. The van der Waals surface area contributed by atoms with Gasteiger partial charge in [-0.25, -0.2) is 16.8 Å². The smallest absolute Gasteiger partial charge is 0.324 e. The van der Waals surface area contributed by atoms with E-state index in [4.69, 9.17) is 4.74 Å². The molecular formula is C16H23NO6S2. The zero-order valence-corrected chi connectivity index (χ0v) is 16.2. The van der Waals surface area contributed by atoms with Crippen molar-refractivity contribution in [3.05, 3.63) is 23.8 Å². The van der Waals surface area contributed by atoms with E-state index in [1.54, 1.807) is 13.8 Å². The molecule has 0 aliphatic carbocycles. The van der Waals surface area contributed by atoms with Gasteiger partial charge in [-0.2, -0.15) is 4.31 Å². The Morgan fingerprint density at radius 2 is 1.92 bits per heavy atom. The molecule has 1 heterocycles. The number of nitrogens with zero attached hydrogens (tertiary/aromatic N) is 1. The molecule has 0 N–H and O–H groups in total. The summed E-state index contributed by atoms with van der Waals surface area (Å²) in [5.74, 6) is -0.567. The predicted molar refractivity (Wildman–Crippen MR) is 92.5 cm³/mol. The molecule has 9 heteroatoms. The number of carbonyl (C=O) groups is 1. The second kappa shape index (κ2) is 7.43. The average Bonchev–Trinajstić information content (AvgIpc) is 2.54. The van der Waals surface area contributed by atoms with Crippen molar-refractivity contribution in [2.24, 2.45) is 0 Å². The first-order valence-electron chi connectivity index (χ1n) is 8.08. The van der Waals surface area contributed by atoms with Crippen LogP contribution in [0.5, 0.6) is 0 Å². The van der Waals surface area contributed by atoms with Crippen LogP contribution in [-0.2, 0) is 29.4 Å².